The van der Waals surface area contributed by atoms with E-state index in [2.05, 4.69) is 0 Å². The number of hydrogen-bond donors (Lipinski definition) is 0. The van der Waals surface area contributed by atoms with Crippen molar-refractivity contribution < 1.29 is 28.2 Å². The minimum atomic E-state index is -0.964. The van der Waals surface area contributed by atoms with Crippen molar-refractivity contribution in [1.29, 1.82) is 0 Å². The highest BCUT2D eigenvalue weighted by Gasteiger charge is 2.26. The normalized spacial score (nSPS) is 12.0. The van der Waals surface area contributed by atoms with Crippen LogP contribution in [0.2, 0.25) is 0 Å². The third kappa shape index (κ3) is 4.66. The summed E-state index contributed by atoms with van der Waals surface area (Å²) in [5.41, 5.74) is 1.63. The highest BCUT2D eigenvalue weighted by atomic mass is 16.6. The van der Waals surface area contributed by atoms with Gasteiger partial charge in [-0.3, -0.25) is 4.79 Å². The van der Waals surface area contributed by atoms with Crippen LogP contribution >= 0.6 is 0 Å². The molecule has 3 rings (SSSR count). The lowest BCUT2D eigenvalue weighted by atomic mass is 10.1. The monoisotopic (exact) mass is 396 g/mol. The number of benzene rings is 2. The maximum absolute atomic E-state index is 12.7. The third-order valence-corrected chi connectivity index (χ3v) is 4.44. The van der Waals surface area contributed by atoms with Crippen LogP contribution in [0.25, 0.3) is 11.0 Å². The standard InChI is InChI=1S/C23H24O6/c1-4-26-14-19-18-8-6-7-9-20(18)29-22(19)23(25)28-15(3)21(24)16-10-12-17(13-11-16)27-5-2/h6-13,15H,4-5,14H2,1-3H3/t15-/m1/s1. The van der Waals surface area contributed by atoms with Gasteiger partial charge in [-0.2, -0.15) is 0 Å². The molecular weight excluding hydrogens is 372 g/mol. The summed E-state index contributed by atoms with van der Waals surface area (Å²) in [5.74, 6) is -0.255. The highest BCUT2D eigenvalue weighted by Crippen LogP contribution is 2.27. The van der Waals surface area contributed by atoms with Crippen molar-refractivity contribution in [3.63, 3.8) is 0 Å². The van der Waals surface area contributed by atoms with Gasteiger partial charge in [0.15, 0.2) is 6.10 Å². The quantitative estimate of drug-likeness (QED) is 0.382. The van der Waals surface area contributed by atoms with Crippen LogP contribution in [0.3, 0.4) is 0 Å². The van der Waals surface area contributed by atoms with Crippen molar-refractivity contribution >= 4 is 22.7 Å². The van der Waals surface area contributed by atoms with Gasteiger partial charge >= 0.3 is 5.97 Å². The maximum Gasteiger partial charge on any atom is 0.375 e. The van der Waals surface area contributed by atoms with E-state index in [0.717, 1.165) is 5.39 Å². The molecule has 0 bridgehead atoms. The molecule has 0 unspecified atom stereocenters. The van der Waals surface area contributed by atoms with E-state index in [-0.39, 0.29) is 18.2 Å². The van der Waals surface area contributed by atoms with Gasteiger partial charge < -0.3 is 18.6 Å². The summed E-state index contributed by atoms with van der Waals surface area (Å²) in [4.78, 5) is 25.4. The Labute approximate surface area is 169 Å². The van der Waals surface area contributed by atoms with Crippen molar-refractivity contribution in [3.8, 4) is 5.75 Å². The molecule has 0 aliphatic rings. The van der Waals surface area contributed by atoms with Crippen molar-refractivity contribution in [2.75, 3.05) is 13.2 Å². The number of furan rings is 1. The SMILES string of the molecule is CCOCc1c(C(=O)O[C@H](C)C(=O)c2ccc(OCC)cc2)oc2ccccc12. The number of ether oxygens (including phenoxy) is 3. The lowest BCUT2D eigenvalue weighted by Crippen LogP contribution is -2.24. The Morgan fingerprint density at radius 3 is 2.41 bits per heavy atom. The first kappa shape index (κ1) is 20.6. The lowest BCUT2D eigenvalue weighted by Gasteiger charge is -2.12. The zero-order chi connectivity index (χ0) is 20.8. The predicted octanol–water partition coefficient (Wildman–Crippen LogP) is 4.80. The molecule has 0 aliphatic heterocycles. The number of esters is 1. The van der Waals surface area contributed by atoms with Crippen LogP contribution in [0.15, 0.2) is 52.9 Å². The molecule has 2 aromatic carbocycles. The van der Waals surface area contributed by atoms with E-state index < -0.39 is 12.1 Å². The highest BCUT2D eigenvalue weighted by molar-refractivity contribution is 6.02. The van der Waals surface area contributed by atoms with E-state index >= 15 is 0 Å². The molecule has 1 aromatic heterocycles. The Bertz CT molecular complexity index is 986. The largest absolute Gasteiger partial charge is 0.494 e. The van der Waals surface area contributed by atoms with Crippen molar-refractivity contribution in [1.82, 2.24) is 0 Å². The second-order valence-electron chi connectivity index (χ2n) is 6.41. The minimum Gasteiger partial charge on any atom is -0.494 e. The van der Waals surface area contributed by atoms with Gasteiger partial charge in [0.2, 0.25) is 11.5 Å². The first-order valence-corrected chi connectivity index (χ1v) is 9.61. The zero-order valence-corrected chi connectivity index (χ0v) is 16.8. The number of ketones is 1. The van der Waals surface area contributed by atoms with E-state index in [0.29, 0.717) is 35.7 Å². The average molecular weight is 396 g/mol. The second-order valence-corrected chi connectivity index (χ2v) is 6.41. The molecular formula is C23H24O6. The summed E-state index contributed by atoms with van der Waals surface area (Å²) >= 11 is 0. The summed E-state index contributed by atoms with van der Waals surface area (Å²) in [6.07, 6.45) is -0.964. The Hall–Kier alpha value is -3.12. The number of fused-ring (bicyclic) bond motifs is 1. The summed E-state index contributed by atoms with van der Waals surface area (Å²) in [6, 6.07) is 14.0. The number of para-hydroxylation sites is 1. The number of rotatable bonds is 9. The van der Waals surface area contributed by atoms with Crippen LogP contribution in [0.4, 0.5) is 0 Å². The minimum absolute atomic E-state index is 0.0611. The molecule has 1 heterocycles. The van der Waals surface area contributed by atoms with Crippen LogP contribution in [-0.2, 0) is 16.1 Å². The predicted molar refractivity (Wildman–Crippen MR) is 108 cm³/mol. The Morgan fingerprint density at radius 2 is 1.72 bits per heavy atom. The summed E-state index contributed by atoms with van der Waals surface area (Å²) in [7, 11) is 0. The van der Waals surface area contributed by atoms with Crippen LogP contribution in [0.5, 0.6) is 5.75 Å². The topological polar surface area (TPSA) is 75.0 Å². The van der Waals surface area contributed by atoms with Crippen molar-refractivity contribution in [3.05, 3.63) is 65.4 Å². The molecule has 0 fully saturated rings. The smallest absolute Gasteiger partial charge is 0.375 e. The van der Waals surface area contributed by atoms with Crippen LogP contribution in [0, 0.1) is 0 Å². The molecule has 152 valence electrons. The number of Topliss-reactive ketones (excluding diaryl/α,β-unsaturated/α-hetero) is 1. The Kier molecular flexibility index (Phi) is 6.67. The first-order valence-electron chi connectivity index (χ1n) is 9.61. The van der Waals surface area contributed by atoms with Gasteiger partial charge in [0.1, 0.15) is 11.3 Å². The fraction of sp³-hybridized carbons (Fsp3) is 0.304. The molecule has 0 saturated carbocycles. The summed E-state index contributed by atoms with van der Waals surface area (Å²) < 4.78 is 22.0. The van der Waals surface area contributed by atoms with Gasteiger partial charge in [0.05, 0.1) is 13.2 Å². The zero-order valence-electron chi connectivity index (χ0n) is 16.8. The molecule has 3 aromatic rings. The number of carbonyl (C=O) groups excluding carboxylic acids is 2. The molecule has 0 amide bonds. The second kappa shape index (κ2) is 9.39. The number of hydrogen-bond acceptors (Lipinski definition) is 6. The molecule has 0 spiro atoms. The van der Waals surface area contributed by atoms with Crippen LogP contribution in [0.1, 0.15) is 47.2 Å². The van der Waals surface area contributed by atoms with E-state index in [9.17, 15) is 9.59 Å². The maximum atomic E-state index is 12.7. The van der Waals surface area contributed by atoms with Gasteiger partial charge in [-0.1, -0.05) is 18.2 Å². The van der Waals surface area contributed by atoms with Gasteiger partial charge in [-0.05, 0) is 51.1 Å². The van der Waals surface area contributed by atoms with Crippen LogP contribution in [-0.4, -0.2) is 31.1 Å². The molecule has 0 aliphatic carbocycles. The molecule has 6 heteroatoms. The molecule has 6 nitrogen and oxygen atoms in total. The van der Waals surface area contributed by atoms with Gasteiger partial charge in [-0.25, -0.2) is 4.79 Å². The molecule has 29 heavy (non-hydrogen) atoms. The van der Waals surface area contributed by atoms with Crippen molar-refractivity contribution in [2.45, 2.75) is 33.5 Å². The van der Waals surface area contributed by atoms with E-state index in [1.807, 2.05) is 32.0 Å². The fourth-order valence-corrected chi connectivity index (χ4v) is 3.00. The van der Waals surface area contributed by atoms with Gasteiger partial charge in [0, 0.05) is 23.1 Å². The third-order valence-electron chi connectivity index (χ3n) is 4.44. The molecule has 0 saturated heterocycles. The fourth-order valence-electron chi connectivity index (χ4n) is 3.00. The summed E-state index contributed by atoms with van der Waals surface area (Å²) in [6.45, 7) is 6.57. The van der Waals surface area contributed by atoms with Crippen molar-refractivity contribution in [2.24, 2.45) is 0 Å². The van der Waals surface area contributed by atoms with Gasteiger partial charge in [0.25, 0.3) is 0 Å². The molecule has 1 atom stereocenters. The average Bonchev–Trinajstić information content (AvgIpc) is 3.11. The Morgan fingerprint density at radius 1 is 1.00 bits per heavy atom. The van der Waals surface area contributed by atoms with Gasteiger partial charge in [-0.15, -0.1) is 0 Å². The van der Waals surface area contributed by atoms with E-state index in [1.54, 1.807) is 37.3 Å². The molecule has 0 N–H and O–H groups in total. The number of carbonyl (C=O) groups is 2. The van der Waals surface area contributed by atoms with E-state index in [4.69, 9.17) is 18.6 Å². The van der Waals surface area contributed by atoms with Crippen LogP contribution < -0.4 is 4.74 Å². The first-order chi connectivity index (χ1) is 14.0. The van der Waals surface area contributed by atoms with E-state index in [1.165, 1.54) is 0 Å². The summed E-state index contributed by atoms with van der Waals surface area (Å²) in [5, 5.41) is 0.790. The lowest BCUT2D eigenvalue weighted by molar-refractivity contribution is 0.0285. The molecule has 0 radical (unpaired) electrons. The Balaban J connectivity index is 1.77.